The lowest BCUT2D eigenvalue weighted by atomic mass is 10.0. The number of likely N-dealkylation sites (N-methyl/N-ethyl adjacent to an activating group) is 1. The number of anilines is 1. The maximum absolute atomic E-state index is 11.9. The fraction of sp³-hybridized carbons (Fsp3) is 0.238. The predicted octanol–water partition coefficient (Wildman–Crippen LogP) is 2.33. The molecule has 0 radical (unpaired) electrons. The molecule has 26 heavy (non-hydrogen) atoms. The third-order valence-corrected chi connectivity index (χ3v) is 4.35. The summed E-state index contributed by atoms with van der Waals surface area (Å²) in [6.45, 7) is 2.59. The molecule has 0 aliphatic carbocycles. The van der Waals surface area contributed by atoms with Crippen molar-refractivity contribution in [3.05, 3.63) is 71.3 Å². The van der Waals surface area contributed by atoms with Crippen molar-refractivity contribution in [3.63, 3.8) is 0 Å². The van der Waals surface area contributed by atoms with Gasteiger partial charge in [-0.1, -0.05) is 36.4 Å². The van der Waals surface area contributed by atoms with Crippen LogP contribution >= 0.6 is 0 Å². The van der Waals surface area contributed by atoms with E-state index in [-0.39, 0.29) is 5.91 Å². The first-order valence-electron chi connectivity index (χ1n) is 8.80. The van der Waals surface area contributed by atoms with Crippen molar-refractivity contribution in [2.24, 2.45) is 10.7 Å². The van der Waals surface area contributed by atoms with Gasteiger partial charge in [0.05, 0.1) is 12.3 Å². The predicted molar refractivity (Wildman–Crippen MR) is 108 cm³/mol. The molecular formula is C21H24N4O. The number of nitrogens with two attached hydrogens (primary N) is 1. The van der Waals surface area contributed by atoms with Gasteiger partial charge in [-0.25, -0.2) is 0 Å². The Morgan fingerprint density at radius 1 is 1.19 bits per heavy atom. The number of benzodiazepines with no additional fused rings is 1. The van der Waals surface area contributed by atoms with Crippen LogP contribution in [0.1, 0.15) is 21.5 Å². The Morgan fingerprint density at radius 2 is 1.96 bits per heavy atom. The van der Waals surface area contributed by atoms with Crippen molar-refractivity contribution in [1.82, 2.24) is 5.32 Å². The third kappa shape index (κ3) is 4.18. The Balaban J connectivity index is 1.76. The second-order valence-corrected chi connectivity index (χ2v) is 6.21. The molecule has 1 heterocycles. The summed E-state index contributed by atoms with van der Waals surface area (Å²) >= 11 is 0. The monoisotopic (exact) mass is 348 g/mol. The smallest absolute Gasteiger partial charge is 0.251 e. The van der Waals surface area contributed by atoms with Crippen LogP contribution in [0, 0.1) is 0 Å². The van der Waals surface area contributed by atoms with E-state index in [0.717, 1.165) is 29.9 Å². The molecule has 1 aliphatic heterocycles. The van der Waals surface area contributed by atoms with Gasteiger partial charge in [0.1, 0.15) is 0 Å². The number of aliphatic imine (C=N–C) groups is 1. The Bertz CT molecular complexity index is 824. The highest BCUT2D eigenvalue weighted by Gasteiger charge is 2.13. The van der Waals surface area contributed by atoms with Crippen LogP contribution in [0.15, 0.2) is 59.6 Å². The van der Waals surface area contributed by atoms with Crippen molar-refractivity contribution < 1.29 is 4.79 Å². The highest BCUT2D eigenvalue weighted by molar-refractivity contribution is 6.14. The van der Waals surface area contributed by atoms with E-state index in [9.17, 15) is 4.79 Å². The minimum atomic E-state index is -0.101. The largest absolute Gasteiger partial charge is 0.372 e. The summed E-state index contributed by atoms with van der Waals surface area (Å²) in [6.07, 6.45) is 4.07. The number of carbonyl (C=O) groups is 1. The van der Waals surface area contributed by atoms with Crippen LogP contribution in [-0.2, 0) is 0 Å². The van der Waals surface area contributed by atoms with E-state index in [2.05, 4.69) is 35.5 Å². The molecule has 5 nitrogen and oxygen atoms in total. The van der Waals surface area contributed by atoms with E-state index in [4.69, 9.17) is 10.7 Å². The number of nitrogens with zero attached hydrogens (tertiary/aromatic N) is 2. The number of hydrogen-bond acceptors (Lipinski definition) is 4. The normalized spacial score (nSPS) is 13.9. The molecule has 0 saturated heterocycles. The average Bonchev–Trinajstić information content (AvgIpc) is 2.84. The summed E-state index contributed by atoms with van der Waals surface area (Å²) in [5.41, 5.74) is 10.4. The number of rotatable bonds is 5. The summed E-state index contributed by atoms with van der Waals surface area (Å²) < 4.78 is 0. The molecule has 2 aromatic carbocycles. The lowest BCUT2D eigenvalue weighted by Gasteiger charge is -2.18. The highest BCUT2D eigenvalue weighted by atomic mass is 16.1. The van der Waals surface area contributed by atoms with Crippen LogP contribution in [-0.4, -0.2) is 44.8 Å². The first-order chi connectivity index (χ1) is 12.7. The van der Waals surface area contributed by atoms with Gasteiger partial charge in [0.25, 0.3) is 5.91 Å². The van der Waals surface area contributed by atoms with Crippen molar-refractivity contribution in [1.29, 1.82) is 0 Å². The number of nitrogens with one attached hydrogen (secondary N) is 1. The van der Waals surface area contributed by atoms with Gasteiger partial charge in [-0.05, 0) is 29.8 Å². The molecule has 2 aromatic rings. The third-order valence-electron chi connectivity index (χ3n) is 4.35. The molecule has 3 rings (SSSR count). The Labute approximate surface area is 154 Å². The highest BCUT2D eigenvalue weighted by Crippen LogP contribution is 2.23. The van der Waals surface area contributed by atoms with E-state index in [1.807, 2.05) is 42.5 Å². The molecule has 0 spiro atoms. The number of para-hydroxylation sites is 1. The summed E-state index contributed by atoms with van der Waals surface area (Å²) in [5.74, 6) is -0.101. The summed E-state index contributed by atoms with van der Waals surface area (Å²) in [5, 5.41) is 2.77. The molecular weight excluding hydrogens is 324 g/mol. The lowest BCUT2D eigenvalue weighted by Crippen LogP contribution is -2.28. The number of carbonyl (C=O) groups excluding carboxylic acids is 1. The van der Waals surface area contributed by atoms with Crippen LogP contribution in [0.2, 0.25) is 0 Å². The van der Waals surface area contributed by atoms with Crippen molar-refractivity contribution in [2.45, 2.75) is 0 Å². The van der Waals surface area contributed by atoms with Crippen molar-refractivity contribution in [2.75, 3.05) is 38.1 Å². The minimum Gasteiger partial charge on any atom is -0.372 e. The van der Waals surface area contributed by atoms with Gasteiger partial charge in [-0.15, -0.1) is 0 Å². The Kier molecular flexibility index (Phi) is 5.81. The molecule has 0 aromatic heterocycles. The van der Waals surface area contributed by atoms with Crippen LogP contribution < -0.4 is 16.0 Å². The standard InChI is InChI=1S/C21H24N4O/c1-25-15-14-23-19(18-4-2-3-5-20(18)25)11-8-16-6-9-17(10-7-16)21(26)24-13-12-22/h2-11H,12-15,22H2,1H3,(H,24,26)/b11-8+. The van der Waals surface area contributed by atoms with Gasteiger partial charge < -0.3 is 16.0 Å². The number of amides is 1. The van der Waals surface area contributed by atoms with E-state index in [0.29, 0.717) is 18.7 Å². The molecule has 0 fully saturated rings. The fourth-order valence-electron chi connectivity index (χ4n) is 2.90. The molecule has 0 unspecified atom stereocenters. The SMILES string of the molecule is CN1CCN=C(/C=C/c2ccc(C(=O)NCCN)cc2)c2ccccc21. The zero-order valence-corrected chi connectivity index (χ0v) is 15.0. The van der Waals surface area contributed by atoms with Crippen LogP contribution in [0.3, 0.4) is 0 Å². The van der Waals surface area contributed by atoms with E-state index in [1.165, 1.54) is 5.69 Å². The Hall–Kier alpha value is -2.92. The number of hydrogen-bond donors (Lipinski definition) is 2. The molecule has 1 amide bonds. The lowest BCUT2D eigenvalue weighted by molar-refractivity contribution is 0.0955. The van der Waals surface area contributed by atoms with Gasteiger partial charge in [0.15, 0.2) is 0 Å². The second-order valence-electron chi connectivity index (χ2n) is 6.21. The number of benzene rings is 2. The van der Waals surface area contributed by atoms with Gasteiger partial charge in [0, 0.05) is 43.5 Å². The molecule has 3 N–H and O–H groups in total. The number of fused-ring (bicyclic) bond motifs is 1. The van der Waals surface area contributed by atoms with Gasteiger partial charge >= 0.3 is 0 Å². The average molecular weight is 348 g/mol. The molecule has 0 bridgehead atoms. The molecule has 1 aliphatic rings. The van der Waals surface area contributed by atoms with Gasteiger partial charge in [-0.2, -0.15) is 0 Å². The van der Waals surface area contributed by atoms with Crippen molar-refractivity contribution in [3.8, 4) is 0 Å². The second kappa shape index (κ2) is 8.45. The zero-order chi connectivity index (χ0) is 18.4. The van der Waals surface area contributed by atoms with Crippen molar-refractivity contribution >= 4 is 23.4 Å². The molecule has 134 valence electrons. The number of allylic oxidation sites excluding steroid dienone is 1. The molecule has 0 atom stereocenters. The van der Waals surface area contributed by atoms with Gasteiger partial charge in [0.2, 0.25) is 0 Å². The van der Waals surface area contributed by atoms with Crippen LogP contribution in [0.25, 0.3) is 6.08 Å². The quantitative estimate of drug-likeness (QED) is 0.871. The zero-order valence-electron chi connectivity index (χ0n) is 15.0. The maximum Gasteiger partial charge on any atom is 0.251 e. The van der Waals surface area contributed by atoms with E-state index >= 15 is 0 Å². The topological polar surface area (TPSA) is 70.7 Å². The fourth-order valence-corrected chi connectivity index (χ4v) is 2.90. The summed E-state index contributed by atoms with van der Waals surface area (Å²) in [7, 11) is 2.09. The first kappa shape index (κ1) is 17.9. The summed E-state index contributed by atoms with van der Waals surface area (Å²) in [6, 6.07) is 15.8. The van der Waals surface area contributed by atoms with Crippen LogP contribution in [0.5, 0.6) is 0 Å². The summed E-state index contributed by atoms with van der Waals surface area (Å²) in [4.78, 5) is 18.9. The van der Waals surface area contributed by atoms with Crippen LogP contribution in [0.4, 0.5) is 5.69 Å². The minimum absolute atomic E-state index is 0.101. The van der Waals surface area contributed by atoms with E-state index < -0.39 is 0 Å². The first-order valence-corrected chi connectivity index (χ1v) is 8.80. The maximum atomic E-state index is 11.9. The Morgan fingerprint density at radius 3 is 2.73 bits per heavy atom. The van der Waals surface area contributed by atoms with Gasteiger partial charge in [-0.3, -0.25) is 9.79 Å². The molecule has 0 saturated carbocycles. The molecule has 5 heteroatoms. The van der Waals surface area contributed by atoms with E-state index in [1.54, 1.807) is 0 Å².